The van der Waals surface area contributed by atoms with E-state index in [1.165, 1.54) is 11.9 Å². The normalized spacial score (nSPS) is 10.3. The van der Waals surface area contributed by atoms with E-state index in [9.17, 15) is 14.4 Å². The van der Waals surface area contributed by atoms with Crippen molar-refractivity contribution in [2.45, 2.75) is 6.54 Å². The van der Waals surface area contributed by atoms with Crippen LogP contribution < -0.4 is 5.32 Å². The summed E-state index contributed by atoms with van der Waals surface area (Å²) in [4.78, 5) is 34.5. The minimum Gasteiger partial charge on any atom is -0.478 e. The first-order valence-electron chi connectivity index (χ1n) is 5.60. The van der Waals surface area contributed by atoms with Crippen molar-refractivity contribution in [1.82, 2.24) is 10.2 Å². The van der Waals surface area contributed by atoms with E-state index in [1.807, 2.05) is 24.3 Å². The Morgan fingerprint density at radius 2 is 1.95 bits per heavy atom. The van der Waals surface area contributed by atoms with Gasteiger partial charge in [-0.15, -0.1) is 0 Å². The molecule has 106 valence electrons. The molecular weight excluding hydrogens is 328 g/mol. The van der Waals surface area contributed by atoms with Crippen molar-refractivity contribution in [3.8, 4) is 0 Å². The third-order valence-corrected chi connectivity index (χ3v) is 3.09. The molecule has 0 saturated heterocycles. The molecule has 7 heteroatoms. The smallest absolute Gasteiger partial charge is 0.328 e. The summed E-state index contributed by atoms with van der Waals surface area (Å²) in [6, 6.07) is 6.78. The van der Waals surface area contributed by atoms with Crippen LogP contribution in [0.5, 0.6) is 0 Å². The largest absolute Gasteiger partial charge is 0.478 e. The summed E-state index contributed by atoms with van der Waals surface area (Å²) in [6.45, 7) is 0.309. The van der Waals surface area contributed by atoms with Gasteiger partial charge in [-0.2, -0.15) is 0 Å². The molecule has 3 amide bonds. The number of carbonyl (C=O) groups excluding carboxylic acids is 2. The number of halogens is 1. The molecule has 0 atom stereocenters. The molecule has 0 aliphatic carbocycles. The number of hydrogen-bond acceptors (Lipinski definition) is 3. The second-order valence-corrected chi connectivity index (χ2v) is 4.77. The van der Waals surface area contributed by atoms with Crippen molar-refractivity contribution in [2.75, 3.05) is 7.05 Å². The van der Waals surface area contributed by atoms with Crippen LogP contribution in [0.4, 0.5) is 4.79 Å². The van der Waals surface area contributed by atoms with Crippen LogP contribution in [0.15, 0.2) is 40.9 Å². The summed E-state index contributed by atoms with van der Waals surface area (Å²) in [7, 11) is 1.53. The maximum absolute atomic E-state index is 11.7. The number of benzene rings is 1. The highest BCUT2D eigenvalue weighted by Crippen LogP contribution is 2.17. The van der Waals surface area contributed by atoms with Gasteiger partial charge >= 0.3 is 12.0 Å². The molecule has 1 aromatic carbocycles. The zero-order valence-electron chi connectivity index (χ0n) is 10.7. The molecule has 2 N–H and O–H groups in total. The van der Waals surface area contributed by atoms with Crippen LogP contribution in [-0.4, -0.2) is 35.0 Å². The topological polar surface area (TPSA) is 86.7 Å². The van der Waals surface area contributed by atoms with Gasteiger partial charge in [0.1, 0.15) is 0 Å². The van der Waals surface area contributed by atoms with Gasteiger partial charge in [0.15, 0.2) is 0 Å². The fraction of sp³-hybridized carbons (Fsp3) is 0.154. The van der Waals surface area contributed by atoms with Crippen LogP contribution in [0.25, 0.3) is 0 Å². The summed E-state index contributed by atoms with van der Waals surface area (Å²) in [5, 5.41) is 10.4. The molecular formula is C13H13BrN2O4. The van der Waals surface area contributed by atoms with E-state index in [-0.39, 0.29) is 0 Å². The number of carboxylic acids is 1. The third kappa shape index (κ3) is 5.23. The van der Waals surface area contributed by atoms with Gasteiger partial charge < -0.3 is 10.0 Å². The average molecular weight is 341 g/mol. The van der Waals surface area contributed by atoms with Crippen molar-refractivity contribution in [1.29, 1.82) is 0 Å². The predicted octanol–water partition coefficient (Wildman–Crippen LogP) is 1.76. The summed E-state index contributed by atoms with van der Waals surface area (Å²) >= 11 is 3.36. The fourth-order valence-corrected chi connectivity index (χ4v) is 1.75. The molecule has 0 saturated carbocycles. The highest BCUT2D eigenvalue weighted by molar-refractivity contribution is 9.10. The number of urea groups is 1. The number of aliphatic carboxylic acids is 1. The monoisotopic (exact) mass is 340 g/mol. The lowest BCUT2D eigenvalue weighted by Gasteiger charge is -2.17. The number of imide groups is 1. The first kappa shape index (κ1) is 15.9. The summed E-state index contributed by atoms with van der Waals surface area (Å²) in [5.74, 6) is -2.04. The van der Waals surface area contributed by atoms with Crippen molar-refractivity contribution in [2.24, 2.45) is 0 Å². The van der Waals surface area contributed by atoms with E-state index in [4.69, 9.17) is 5.11 Å². The lowest BCUT2D eigenvalue weighted by atomic mass is 10.2. The second-order valence-electron chi connectivity index (χ2n) is 3.91. The van der Waals surface area contributed by atoms with Gasteiger partial charge in [0, 0.05) is 30.2 Å². The van der Waals surface area contributed by atoms with Gasteiger partial charge in [-0.25, -0.2) is 9.59 Å². The lowest BCUT2D eigenvalue weighted by molar-refractivity contribution is -0.131. The molecule has 0 heterocycles. The van der Waals surface area contributed by atoms with Crippen molar-refractivity contribution in [3.63, 3.8) is 0 Å². The Labute approximate surface area is 124 Å². The van der Waals surface area contributed by atoms with Gasteiger partial charge in [0.25, 0.3) is 5.91 Å². The highest BCUT2D eigenvalue weighted by atomic mass is 79.9. The zero-order chi connectivity index (χ0) is 15.1. The summed E-state index contributed by atoms with van der Waals surface area (Å²) < 4.78 is 0.858. The molecule has 0 aliphatic heterocycles. The summed E-state index contributed by atoms with van der Waals surface area (Å²) in [5.41, 5.74) is 0.888. The van der Waals surface area contributed by atoms with Crippen LogP contribution in [-0.2, 0) is 16.1 Å². The van der Waals surface area contributed by atoms with Gasteiger partial charge in [-0.1, -0.05) is 34.1 Å². The molecule has 0 aromatic heterocycles. The minimum absolute atomic E-state index is 0.309. The molecule has 0 fully saturated rings. The maximum atomic E-state index is 11.7. The zero-order valence-corrected chi connectivity index (χ0v) is 12.3. The fourth-order valence-electron chi connectivity index (χ4n) is 1.34. The first-order valence-corrected chi connectivity index (χ1v) is 6.40. The number of hydrogen-bond donors (Lipinski definition) is 2. The maximum Gasteiger partial charge on any atom is 0.328 e. The Morgan fingerprint density at radius 3 is 2.55 bits per heavy atom. The number of rotatable bonds is 4. The van der Waals surface area contributed by atoms with E-state index in [0.29, 0.717) is 12.6 Å². The molecule has 1 aromatic rings. The lowest BCUT2D eigenvalue weighted by Crippen LogP contribution is -2.39. The molecule has 0 radical (unpaired) electrons. The molecule has 0 bridgehead atoms. The van der Waals surface area contributed by atoms with Gasteiger partial charge in [0.2, 0.25) is 0 Å². The van der Waals surface area contributed by atoms with Crippen molar-refractivity contribution < 1.29 is 19.5 Å². The van der Waals surface area contributed by atoms with E-state index in [1.54, 1.807) is 0 Å². The molecule has 0 aliphatic rings. The molecule has 1 rings (SSSR count). The van der Waals surface area contributed by atoms with Crippen LogP contribution in [0.1, 0.15) is 5.56 Å². The molecule has 6 nitrogen and oxygen atoms in total. The van der Waals surface area contributed by atoms with Crippen molar-refractivity contribution in [3.05, 3.63) is 46.5 Å². The number of nitrogens with one attached hydrogen (secondary N) is 1. The van der Waals surface area contributed by atoms with Crippen molar-refractivity contribution >= 4 is 33.8 Å². The van der Waals surface area contributed by atoms with Crippen LogP contribution >= 0.6 is 15.9 Å². The number of amides is 3. The molecule has 20 heavy (non-hydrogen) atoms. The Hall–Kier alpha value is -2.15. The number of carbonyl (C=O) groups is 3. The SMILES string of the molecule is CN(Cc1ccccc1Br)C(=O)NC(=O)C=CC(=O)O. The van der Waals surface area contributed by atoms with E-state index >= 15 is 0 Å². The van der Waals surface area contributed by atoms with Gasteiger partial charge in [-0.05, 0) is 11.6 Å². The Balaban J connectivity index is 2.58. The Kier molecular flexibility index (Phi) is 5.92. The Bertz CT molecular complexity index is 557. The van der Waals surface area contributed by atoms with E-state index < -0.39 is 17.9 Å². The van der Waals surface area contributed by atoms with Gasteiger partial charge in [0.05, 0.1) is 0 Å². The van der Waals surface area contributed by atoms with Gasteiger partial charge in [-0.3, -0.25) is 10.1 Å². The molecule has 0 unspecified atom stereocenters. The predicted molar refractivity (Wildman–Crippen MR) is 75.9 cm³/mol. The average Bonchev–Trinajstić information content (AvgIpc) is 2.39. The van der Waals surface area contributed by atoms with Crippen LogP contribution in [0, 0.1) is 0 Å². The number of nitrogens with zero attached hydrogens (tertiary/aromatic N) is 1. The number of carboxylic acid groups (broad SMARTS) is 1. The van der Waals surface area contributed by atoms with E-state index in [2.05, 4.69) is 21.2 Å². The quantitative estimate of drug-likeness (QED) is 0.817. The second kappa shape index (κ2) is 7.44. The minimum atomic E-state index is -1.26. The third-order valence-electron chi connectivity index (χ3n) is 2.32. The van der Waals surface area contributed by atoms with E-state index in [0.717, 1.165) is 16.1 Å². The standard InChI is InChI=1S/C13H13BrN2O4/c1-16(8-9-4-2-3-5-10(9)14)13(20)15-11(17)6-7-12(18)19/h2-7H,8H2,1H3,(H,18,19)(H,15,17,20). The first-order chi connectivity index (χ1) is 9.40. The molecule has 0 spiro atoms. The highest BCUT2D eigenvalue weighted by Gasteiger charge is 2.12. The van der Waals surface area contributed by atoms with Crippen LogP contribution in [0.2, 0.25) is 0 Å². The Morgan fingerprint density at radius 1 is 1.30 bits per heavy atom. The summed E-state index contributed by atoms with van der Waals surface area (Å²) in [6.07, 6.45) is 1.45. The van der Waals surface area contributed by atoms with Crippen LogP contribution in [0.3, 0.4) is 0 Å².